The van der Waals surface area contributed by atoms with Gasteiger partial charge in [-0.05, 0) is 144 Å². The fourth-order valence-corrected chi connectivity index (χ4v) is 14.3. The summed E-state index contributed by atoms with van der Waals surface area (Å²) in [5.41, 5.74) is 6.69. The number of piperidine rings is 2. The summed E-state index contributed by atoms with van der Waals surface area (Å²) in [5, 5.41) is 18.5. The Balaban J connectivity index is 0.000000144. The lowest BCUT2D eigenvalue weighted by atomic mass is 10.1. The summed E-state index contributed by atoms with van der Waals surface area (Å²) in [4.78, 5) is 67.9. The van der Waals surface area contributed by atoms with Gasteiger partial charge in [0.15, 0.2) is 6.29 Å². The highest BCUT2D eigenvalue weighted by Crippen LogP contribution is 2.37. The van der Waals surface area contributed by atoms with Gasteiger partial charge in [-0.3, -0.25) is 9.59 Å². The lowest BCUT2D eigenvalue weighted by molar-refractivity contribution is -0.153. The fourth-order valence-electron chi connectivity index (χ4n) is 10.5. The number of ether oxygens (including phenoxy) is 1. The summed E-state index contributed by atoms with van der Waals surface area (Å²) in [5.74, 6) is -0.189. The van der Waals surface area contributed by atoms with Crippen LogP contribution in [0.3, 0.4) is 0 Å². The Labute approximate surface area is 553 Å². The van der Waals surface area contributed by atoms with Gasteiger partial charge in [0.25, 0.3) is 0 Å². The Morgan fingerprint density at radius 1 is 0.584 bits per heavy atom. The van der Waals surface area contributed by atoms with Crippen LogP contribution in [0.2, 0.25) is 15.1 Å². The summed E-state index contributed by atoms with van der Waals surface area (Å²) in [7, 11) is 0. The van der Waals surface area contributed by atoms with Crippen molar-refractivity contribution in [1.82, 2.24) is 20.3 Å². The monoisotopic (exact) mass is 1350 g/mol. The van der Waals surface area contributed by atoms with E-state index in [1.54, 1.807) is 30.3 Å². The Kier molecular flexibility index (Phi) is 22.3. The number of hydrogen-bond acceptors (Lipinski definition) is 18. The molecule has 6 aromatic carbocycles. The molecule has 0 unspecified atom stereocenters. The molecule has 0 aliphatic carbocycles. The van der Waals surface area contributed by atoms with Crippen molar-refractivity contribution in [3.63, 3.8) is 0 Å². The normalized spacial score (nSPS) is 14.2. The second-order valence-electron chi connectivity index (χ2n) is 22.2. The highest BCUT2D eigenvalue weighted by molar-refractivity contribution is 7.22. The maximum atomic E-state index is 12.6. The van der Waals surface area contributed by atoms with Crippen molar-refractivity contribution in [1.29, 1.82) is 0 Å². The van der Waals surface area contributed by atoms with Gasteiger partial charge in [-0.15, -0.1) is 58.8 Å². The molecule has 0 amide bonds. The van der Waals surface area contributed by atoms with E-state index in [1.165, 1.54) is 72.5 Å². The molecule has 14 rings (SSSR count). The van der Waals surface area contributed by atoms with Gasteiger partial charge in [0.2, 0.25) is 0 Å². The summed E-state index contributed by atoms with van der Waals surface area (Å²) < 4.78 is 19.5. The summed E-state index contributed by atoms with van der Waals surface area (Å²) >= 11 is 22.8. The minimum absolute atomic E-state index is 0. The van der Waals surface area contributed by atoms with Crippen LogP contribution in [0.15, 0.2) is 140 Å². The van der Waals surface area contributed by atoms with E-state index in [1.807, 2.05) is 99.6 Å². The van der Waals surface area contributed by atoms with Crippen LogP contribution in [-0.2, 0) is 16.0 Å². The van der Waals surface area contributed by atoms with Crippen molar-refractivity contribution < 1.29 is 28.3 Å². The van der Waals surface area contributed by atoms with Crippen molar-refractivity contribution in [2.75, 3.05) is 67.1 Å². The number of thiazole rings is 3. The van der Waals surface area contributed by atoms with Crippen molar-refractivity contribution in [3.8, 4) is 26.9 Å². The largest absolute Gasteiger partial charge is 0.507 e. The Bertz CT molecular complexity index is 4240. The van der Waals surface area contributed by atoms with Crippen LogP contribution in [0.5, 0.6) is 5.75 Å². The van der Waals surface area contributed by atoms with E-state index in [-0.39, 0.29) is 54.2 Å². The quantitative estimate of drug-likeness (QED) is 0.0831. The number of carbonyl (C=O) groups is 2. The molecule has 3 fully saturated rings. The van der Waals surface area contributed by atoms with E-state index in [0.717, 1.165) is 110 Å². The molecule has 3 saturated heterocycles. The van der Waals surface area contributed by atoms with Gasteiger partial charge < -0.3 is 38.7 Å². The average Bonchev–Trinajstić information content (AvgIpc) is 2.77. The van der Waals surface area contributed by atoms with Gasteiger partial charge >= 0.3 is 17.2 Å². The zero-order valence-corrected chi connectivity index (χ0v) is 55.2. The molecule has 8 heterocycles. The van der Waals surface area contributed by atoms with Crippen LogP contribution >= 0.6 is 93.6 Å². The van der Waals surface area contributed by atoms with Gasteiger partial charge in [-0.1, -0.05) is 53.0 Å². The number of nitrogens with one attached hydrogen (secondary N) is 1. The second kappa shape index (κ2) is 29.9. The first-order chi connectivity index (χ1) is 42.0. The third-order valence-corrected chi connectivity index (χ3v) is 18.9. The number of anilines is 3. The van der Waals surface area contributed by atoms with Crippen LogP contribution in [-0.4, -0.2) is 90.3 Å². The van der Waals surface area contributed by atoms with E-state index in [4.69, 9.17) is 48.4 Å². The molecule has 0 atom stereocenters. The lowest BCUT2D eigenvalue weighted by Crippen LogP contribution is -2.43. The number of fused-ring (bicyclic) bond motifs is 5. The SMILES string of the molecule is CC(C)(C)OC(=O)Cc1nc2c(Cl)cccc2s1.Cl.Cl.O=Cc1ccc(N2CCCCC2)cc1O.O=c1oc2cc(N3CCCCC3)ccc2cc1-c1nc2c(Cl)cccc2s1.O=c1oc2cc(N3CCNCC3)ccc2cc1-c1nc2c(Cl)cccc2s1. The van der Waals surface area contributed by atoms with E-state index in [9.17, 15) is 24.3 Å². The summed E-state index contributed by atoms with van der Waals surface area (Å²) in [6, 6.07) is 38.0. The highest BCUT2D eigenvalue weighted by Gasteiger charge is 2.21. The number of aldehydes is 1. The fraction of sp³-hybridized carbons (Fsp3) is 0.288. The molecule has 0 bridgehead atoms. The predicted molar refractivity (Wildman–Crippen MR) is 372 cm³/mol. The second-order valence-corrected chi connectivity index (χ2v) is 26.6. The number of phenolic OH excluding ortho intramolecular Hbond substituents is 1. The number of hydrogen-bond donors (Lipinski definition) is 2. The predicted octanol–water partition coefficient (Wildman–Crippen LogP) is 16.7. The third-order valence-electron chi connectivity index (χ3n) is 14.8. The highest BCUT2D eigenvalue weighted by atomic mass is 35.5. The molecule has 0 radical (unpaired) electrons. The van der Waals surface area contributed by atoms with Gasteiger partial charge in [-0.25, -0.2) is 24.5 Å². The third kappa shape index (κ3) is 16.2. The average molecular weight is 1360 g/mol. The number of aromatic hydroxyl groups is 1. The molecule has 0 saturated carbocycles. The molecular formula is C66H64Cl5N7O8S3. The van der Waals surface area contributed by atoms with Crippen LogP contribution in [0.25, 0.3) is 73.7 Å². The topological polar surface area (TPSA) is 184 Å². The standard InChI is InChI=1S/C21H17ClN2O2S.C20H16ClN3O2S.C13H14ClNO2S.C12H15NO2.2ClH/c22-16-5-4-6-18-19(16)23-20(27-18)15-11-13-7-8-14(12-17(13)26-21(15)25)24-9-2-1-3-10-24;21-15-2-1-3-17-18(15)23-19(27-17)14-10-12-4-5-13(11-16(12)26-20(14)25)24-8-6-22-7-9-24;1-13(2,3)17-11(16)7-10-15-12-8(14)5-4-6-9(12)18-10;14-9-10-4-5-11(8-12(10)15)13-6-2-1-3-7-13;;/h4-8,11-12H,1-3,9-10H2;1-5,10-11,22H,6-9H2;4-6H,7H2,1-3H3;4-5,8-9,15H,1-3,6-7H2;2*1H. The molecule has 89 heavy (non-hydrogen) atoms. The minimum atomic E-state index is -0.467. The molecule has 0 spiro atoms. The summed E-state index contributed by atoms with van der Waals surface area (Å²) in [6.45, 7) is 13.5. The van der Waals surface area contributed by atoms with Gasteiger partial charge in [0.1, 0.15) is 54.1 Å². The van der Waals surface area contributed by atoms with Crippen molar-refractivity contribution >= 4 is 176 Å². The van der Waals surface area contributed by atoms with E-state index in [0.29, 0.717) is 64.7 Å². The Hall–Kier alpha value is -6.84. The number of nitrogens with zero attached hydrogens (tertiary/aromatic N) is 6. The number of phenols is 1. The number of rotatable bonds is 8. The zero-order chi connectivity index (χ0) is 60.8. The van der Waals surface area contributed by atoms with Gasteiger partial charge in [0.05, 0.1) is 52.3 Å². The Morgan fingerprint density at radius 2 is 1.01 bits per heavy atom. The number of piperazine rings is 1. The van der Waals surface area contributed by atoms with Gasteiger partial charge in [0, 0.05) is 98.4 Å². The smallest absolute Gasteiger partial charge is 0.346 e. The zero-order valence-electron chi connectivity index (χ0n) is 48.9. The molecule has 3 aliphatic heterocycles. The van der Waals surface area contributed by atoms with E-state index in [2.05, 4.69) is 47.1 Å². The molecule has 2 N–H and O–H groups in total. The molecule has 5 aromatic heterocycles. The molecule has 464 valence electrons. The number of para-hydroxylation sites is 3. The lowest BCUT2D eigenvalue weighted by Gasteiger charge is -2.29. The molecule has 15 nitrogen and oxygen atoms in total. The van der Waals surface area contributed by atoms with Crippen molar-refractivity contribution in [2.24, 2.45) is 0 Å². The minimum Gasteiger partial charge on any atom is -0.507 e. The van der Waals surface area contributed by atoms with Crippen molar-refractivity contribution in [3.05, 3.63) is 168 Å². The Morgan fingerprint density at radius 3 is 1.44 bits per heavy atom. The number of carbonyl (C=O) groups excluding carboxylic acids is 2. The first kappa shape index (κ1) is 66.6. The maximum Gasteiger partial charge on any atom is 0.346 e. The maximum absolute atomic E-state index is 12.6. The molecular weight excluding hydrogens is 1290 g/mol. The number of halogens is 5. The molecule has 11 aromatic rings. The summed E-state index contributed by atoms with van der Waals surface area (Å²) in [6.07, 6.45) is 8.26. The number of esters is 1. The van der Waals surface area contributed by atoms with Crippen LogP contribution in [0, 0.1) is 0 Å². The molecule has 23 heteroatoms. The number of aromatic nitrogens is 3. The van der Waals surface area contributed by atoms with E-state index < -0.39 is 5.60 Å². The van der Waals surface area contributed by atoms with Crippen LogP contribution in [0.4, 0.5) is 17.1 Å². The molecule has 3 aliphatic rings. The first-order valence-electron chi connectivity index (χ1n) is 28.8. The van der Waals surface area contributed by atoms with Crippen molar-refractivity contribution in [2.45, 2.75) is 71.3 Å². The van der Waals surface area contributed by atoms with E-state index >= 15 is 0 Å². The first-order valence-corrected chi connectivity index (χ1v) is 32.4. The van der Waals surface area contributed by atoms with Crippen LogP contribution < -0.4 is 31.3 Å². The van der Waals surface area contributed by atoms with Gasteiger partial charge in [-0.2, -0.15) is 0 Å². The number of benzene rings is 6. The van der Waals surface area contributed by atoms with Crippen LogP contribution in [0.1, 0.15) is 74.7 Å².